The van der Waals surface area contributed by atoms with Crippen molar-refractivity contribution < 1.29 is 14.2 Å². The average Bonchev–Trinajstić information content (AvgIpc) is 2.74. The Morgan fingerprint density at radius 2 is 1.68 bits per heavy atom. The summed E-state index contributed by atoms with van der Waals surface area (Å²) in [7, 11) is 0. The first kappa shape index (κ1) is 18.4. The summed E-state index contributed by atoms with van der Waals surface area (Å²) in [6.07, 6.45) is 3.56. The fraction of sp³-hybridized carbons (Fsp3) is 0.273. The van der Waals surface area contributed by atoms with E-state index in [0.29, 0.717) is 43.7 Å². The van der Waals surface area contributed by atoms with Gasteiger partial charge in [0.05, 0.1) is 18.9 Å². The maximum Gasteiger partial charge on any atom is 0.223 e. The smallest absolute Gasteiger partial charge is 0.223 e. The number of hydrogen-bond donors (Lipinski definition) is 0. The summed E-state index contributed by atoms with van der Waals surface area (Å²) in [5, 5.41) is 0. The molecule has 1 aliphatic heterocycles. The lowest BCUT2D eigenvalue weighted by Crippen LogP contribution is -2.28. The van der Waals surface area contributed by atoms with Crippen LogP contribution in [0.4, 0.5) is 0 Å². The maximum atomic E-state index is 6.13. The van der Waals surface area contributed by atoms with Crippen LogP contribution in [0.25, 0.3) is 0 Å². The Balaban J connectivity index is 1.61. The van der Waals surface area contributed by atoms with Crippen LogP contribution in [0.1, 0.15) is 11.3 Å². The highest BCUT2D eigenvalue weighted by Gasteiger charge is 2.15. The predicted molar refractivity (Wildman–Crippen MR) is 105 cm³/mol. The number of rotatable bonds is 2. The number of hydrogen-bond acceptors (Lipinski definition) is 6. The topological polar surface area (TPSA) is 56.7 Å². The van der Waals surface area contributed by atoms with Crippen LogP contribution >= 0.6 is 0 Å². The molecular formula is C22H23N3O3. The molecule has 1 aliphatic rings. The molecule has 0 radical (unpaired) electrons. The van der Waals surface area contributed by atoms with E-state index in [0.717, 1.165) is 24.3 Å². The van der Waals surface area contributed by atoms with Gasteiger partial charge in [-0.15, -0.1) is 0 Å². The summed E-state index contributed by atoms with van der Waals surface area (Å²) in [6, 6.07) is 17.6. The van der Waals surface area contributed by atoms with Crippen molar-refractivity contribution in [1.82, 2.24) is 14.9 Å². The molecule has 6 nitrogen and oxygen atoms in total. The molecule has 0 atom stereocenters. The highest BCUT2D eigenvalue weighted by Crippen LogP contribution is 2.32. The molecule has 0 saturated heterocycles. The number of para-hydroxylation sites is 2. The van der Waals surface area contributed by atoms with Gasteiger partial charge in [-0.1, -0.05) is 24.3 Å². The zero-order valence-corrected chi connectivity index (χ0v) is 15.7. The van der Waals surface area contributed by atoms with Gasteiger partial charge in [0, 0.05) is 37.6 Å². The Labute approximate surface area is 164 Å². The monoisotopic (exact) mass is 377 g/mol. The molecular weight excluding hydrogens is 354 g/mol. The lowest BCUT2D eigenvalue weighted by molar-refractivity contribution is 0.0759. The van der Waals surface area contributed by atoms with Crippen LogP contribution in [0.3, 0.4) is 0 Å². The van der Waals surface area contributed by atoms with Crippen molar-refractivity contribution in [3.8, 4) is 17.4 Å². The van der Waals surface area contributed by atoms with E-state index in [1.165, 1.54) is 0 Å². The fourth-order valence-electron chi connectivity index (χ4n) is 3.08. The van der Waals surface area contributed by atoms with Crippen LogP contribution in [0.2, 0.25) is 0 Å². The number of ether oxygens (including phenoxy) is 3. The molecule has 6 heteroatoms. The molecule has 3 aromatic rings. The molecule has 0 spiro atoms. The van der Waals surface area contributed by atoms with E-state index in [-0.39, 0.29) is 0 Å². The van der Waals surface area contributed by atoms with E-state index in [4.69, 9.17) is 14.2 Å². The third-order valence-electron chi connectivity index (χ3n) is 4.45. The second kappa shape index (κ2) is 9.30. The quantitative estimate of drug-likeness (QED) is 0.679. The highest BCUT2D eigenvalue weighted by atomic mass is 16.5. The Bertz CT molecular complexity index is 889. The van der Waals surface area contributed by atoms with Crippen LogP contribution in [0.15, 0.2) is 67.0 Å². The lowest BCUT2D eigenvalue weighted by Gasteiger charge is -2.22. The van der Waals surface area contributed by atoms with Crippen molar-refractivity contribution >= 4 is 0 Å². The molecule has 28 heavy (non-hydrogen) atoms. The standard InChI is InChI=1S/C22H23N3O3/c1-2-9-21-20(8-1)27-15-14-26-13-12-25(17-19-7-3-4-10-23-19)16-18-6-5-11-24-22(18)28-21/h1-11H,12-17H2. The summed E-state index contributed by atoms with van der Waals surface area (Å²) in [5.74, 6) is 1.93. The number of benzene rings is 1. The van der Waals surface area contributed by atoms with Crippen LogP contribution in [0, 0.1) is 0 Å². The zero-order valence-electron chi connectivity index (χ0n) is 15.7. The average molecular weight is 377 g/mol. The molecule has 3 heterocycles. The minimum atomic E-state index is 0.468. The van der Waals surface area contributed by atoms with E-state index < -0.39 is 0 Å². The number of nitrogens with zero attached hydrogens (tertiary/aromatic N) is 3. The van der Waals surface area contributed by atoms with E-state index in [2.05, 4.69) is 14.9 Å². The molecule has 0 bridgehead atoms. The Morgan fingerprint density at radius 3 is 2.57 bits per heavy atom. The molecule has 4 rings (SSSR count). The lowest BCUT2D eigenvalue weighted by atomic mass is 10.2. The first-order chi connectivity index (χ1) is 13.9. The summed E-state index contributed by atoms with van der Waals surface area (Å²) in [6.45, 7) is 3.80. The van der Waals surface area contributed by atoms with Gasteiger partial charge in [0.2, 0.25) is 5.88 Å². The molecule has 0 saturated carbocycles. The van der Waals surface area contributed by atoms with Crippen LogP contribution in [-0.2, 0) is 17.8 Å². The van der Waals surface area contributed by atoms with Crippen LogP contribution in [-0.4, -0.2) is 41.2 Å². The Hall–Kier alpha value is -2.96. The first-order valence-corrected chi connectivity index (χ1v) is 9.42. The van der Waals surface area contributed by atoms with Crippen molar-refractivity contribution in [3.05, 3.63) is 78.2 Å². The van der Waals surface area contributed by atoms with Gasteiger partial charge in [-0.25, -0.2) is 4.98 Å². The van der Waals surface area contributed by atoms with E-state index >= 15 is 0 Å². The minimum Gasteiger partial charge on any atom is -0.487 e. The van der Waals surface area contributed by atoms with Gasteiger partial charge in [-0.3, -0.25) is 9.88 Å². The normalized spacial score (nSPS) is 15.6. The van der Waals surface area contributed by atoms with Gasteiger partial charge >= 0.3 is 0 Å². The van der Waals surface area contributed by atoms with Gasteiger partial charge in [-0.2, -0.15) is 0 Å². The number of pyridine rings is 2. The Morgan fingerprint density at radius 1 is 0.821 bits per heavy atom. The molecule has 0 amide bonds. The second-order valence-electron chi connectivity index (χ2n) is 6.51. The van der Waals surface area contributed by atoms with Gasteiger partial charge in [0.25, 0.3) is 0 Å². The zero-order chi connectivity index (χ0) is 19.0. The molecule has 0 N–H and O–H groups in total. The summed E-state index contributed by atoms with van der Waals surface area (Å²) in [5.41, 5.74) is 2.03. The van der Waals surface area contributed by atoms with Gasteiger partial charge in [0.15, 0.2) is 11.5 Å². The van der Waals surface area contributed by atoms with E-state index in [1.807, 2.05) is 60.8 Å². The first-order valence-electron chi connectivity index (χ1n) is 9.42. The summed E-state index contributed by atoms with van der Waals surface area (Å²) >= 11 is 0. The number of fused-ring (bicyclic) bond motifs is 2. The molecule has 0 unspecified atom stereocenters. The fourth-order valence-corrected chi connectivity index (χ4v) is 3.08. The minimum absolute atomic E-state index is 0.468. The summed E-state index contributed by atoms with van der Waals surface area (Å²) in [4.78, 5) is 11.2. The SMILES string of the molecule is c1ccc(CN2CCOCCOc3ccccc3Oc3ncccc3C2)nc1. The van der Waals surface area contributed by atoms with Crippen molar-refractivity contribution in [2.24, 2.45) is 0 Å². The van der Waals surface area contributed by atoms with Crippen LogP contribution < -0.4 is 9.47 Å². The molecule has 1 aromatic carbocycles. The van der Waals surface area contributed by atoms with E-state index in [9.17, 15) is 0 Å². The predicted octanol–water partition coefficient (Wildman–Crippen LogP) is 3.68. The van der Waals surface area contributed by atoms with Gasteiger partial charge in [-0.05, 0) is 30.3 Å². The molecule has 144 valence electrons. The van der Waals surface area contributed by atoms with E-state index in [1.54, 1.807) is 6.20 Å². The van der Waals surface area contributed by atoms with Crippen molar-refractivity contribution in [3.63, 3.8) is 0 Å². The molecule has 0 aliphatic carbocycles. The molecule has 2 aromatic heterocycles. The second-order valence-corrected chi connectivity index (χ2v) is 6.51. The van der Waals surface area contributed by atoms with Gasteiger partial charge in [0.1, 0.15) is 6.61 Å². The highest BCUT2D eigenvalue weighted by molar-refractivity contribution is 5.42. The third kappa shape index (κ3) is 4.85. The van der Waals surface area contributed by atoms with Crippen molar-refractivity contribution in [2.45, 2.75) is 13.1 Å². The van der Waals surface area contributed by atoms with Crippen LogP contribution in [0.5, 0.6) is 17.4 Å². The maximum absolute atomic E-state index is 6.13. The Kier molecular flexibility index (Phi) is 6.11. The van der Waals surface area contributed by atoms with Gasteiger partial charge < -0.3 is 14.2 Å². The largest absolute Gasteiger partial charge is 0.487 e. The summed E-state index contributed by atoms with van der Waals surface area (Å²) < 4.78 is 17.7. The third-order valence-corrected chi connectivity index (χ3v) is 4.45. The molecule has 0 fully saturated rings. The van der Waals surface area contributed by atoms with Crippen molar-refractivity contribution in [1.29, 1.82) is 0 Å². The number of aromatic nitrogens is 2. The van der Waals surface area contributed by atoms with Crippen molar-refractivity contribution in [2.75, 3.05) is 26.4 Å².